The van der Waals surface area contributed by atoms with E-state index in [1.165, 1.54) is 0 Å². The third-order valence-corrected chi connectivity index (χ3v) is 9.05. The number of hydrogen-bond donors (Lipinski definition) is 3. The second kappa shape index (κ2) is 18.6. The fourth-order valence-electron chi connectivity index (χ4n) is 5.18. The van der Waals surface area contributed by atoms with Crippen LogP contribution >= 0.6 is 11.3 Å². The maximum absolute atomic E-state index is 13.8. The van der Waals surface area contributed by atoms with Crippen molar-refractivity contribution in [2.75, 3.05) is 13.7 Å². The largest absolute Gasteiger partial charge is 0.449 e. The number of benzene rings is 2. The lowest BCUT2D eigenvalue weighted by atomic mass is 9.95. The molecule has 2 aromatic carbocycles. The van der Waals surface area contributed by atoms with Gasteiger partial charge in [-0.25, -0.2) is 14.6 Å². The van der Waals surface area contributed by atoms with Gasteiger partial charge in [0.2, 0.25) is 5.91 Å². The number of amides is 4. The summed E-state index contributed by atoms with van der Waals surface area (Å²) in [6.07, 6.45) is 2.02. The smallest absolute Gasteiger partial charge is 0.407 e. The summed E-state index contributed by atoms with van der Waals surface area (Å²) >= 11 is 1.59. The molecular weight excluding hydrogens is 623 g/mol. The van der Waals surface area contributed by atoms with Crippen molar-refractivity contribution in [3.8, 4) is 0 Å². The van der Waals surface area contributed by atoms with E-state index in [4.69, 9.17) is 4.74 Å². The highest BCUT2D eigenvalue weighted by Crippen LogP contribution is 2.20. The highest BCUT2D eigenvalue weighted by Gasteiger charge is 2.28. The fraction of sp³-hybridized carbons (Fsp3) is 0.526. The summed E-state index contributed by atoms with van der Waals surface area (Å²) in [5.74, 6) is -0.0513. The molecule has 0 radical (unpaired) electrons. The van der Waals surface area contributed by atoms with E-state index < -0.39 is 12.1 Å². The Labute approximate surface area is 291 Å². The summed E-state index contributed by atoms with van der Waals surface area (Å²) in [6.45, 7) is 14.8. The van der Waals surface area contributed by atoms with Gasteiger partial charge in [-0.05, 0) is 48.1 Å². The van der Waals surface area contributed by atoms with Crippen molar-refractivity contribution >= 4 is 29.4 Å². The van der Waals surface area contributed by atoms with Crippen LogP contribution in [0, 0.1) is 11.3 Å². The van der Waals surface area contributed by atoms with Gasteiger partial charge in [-0.15, -0.1) is 11.3 Å². The van der Waals surface area contributed by atoms with Gasteiger partial charge in [-0.1, -0.05) is 109 Å². The molecule has 262 valence electrons. The van der Waals surface area contributed by atoms with Crippen LogP contribution in [0.4, 0.5) is 9.59 Å². The van der Waals surface area contributed by atoms with E-state index in [-0.39, 0.29) is 35.4 Å². The Morgan fingerprint density at radius 1 is 0.833 bits per heavy atom. The number of rotatable bonds is 16. The topological polar surface area (TPSA) is 113 Å². The van der Waals surface area contributed by atoms with Gasteiger partial charge < -0.3 is 25.6 Å². The zero-order valence-corrected chi connectivity index (χ0v) is 30.7. The first-order valence-electron chi connectivity index (χ1n) is 17.0. The van der Waals surface area contributed by atoms with Crippen molar-refractivity contribution in [2.24, 2.45) is 11.3 Å². The van der Waals surface area contributed by atoms with E-state index in [0.29, 0.717) is 44.8 Å². The van der Waals surface area contributed by atoms with Crippen LogP contribution in [0.2, 0.25) is 0 Å². The summed E-state index contributed by atoms with van der Waals surface area (Å²) < 4.78 is 5.54. The van der Waals surface area contributed by atoms with Crippen LogP contribution in [0.15, 0.2) is 66.0 Å². The van der Waals surface area contributed by atoms with Crippen LogP contribution in [0.1, 0.15) is 89.1 Å². The summed E-state index contributed by atoms with van der Waals surface area (Å²) in [5, 5.41) is 12.3. The number of alkyl carbamates (subject to hydrolysis) is 1. The number of nitrogens with zero attached hydrogens (tertiary/aromatic N) is 2. The van der Waals surface area contributed by atoms with Crippen molar-refractivity contribution in [1.29, 1.82) is 0 Å². The third-order valence-electron chi connectivity index (χ3n) is 7.86. The molecule has 1 aromatic heterocycles. The van der Waals surface area contributed by atoms with Crippen molar-refractivity contribution in [2.45, 2.75) is 105 Å². The van der Waals surface area contributed by atoms with Crippen LogP contribution in [-0.4, -0.2) is 59.7 Å². The summed E-state index contributed by atoms with van der Waals surface area (Å²) in [7, 11) is 1.71. The van der Waals surface area contributed by atoms with Crippen molar-refractivity contribution in [1.82, 2.24) is 25.8 Å². The van der Waals surface area contributed by atoms with E-state index >= 15 is 0 Å². The molecule has 3 rings (SSSR count). The van der Waals surface area contributed by atoms with Crippen LogP contribution in [0.5, 0.6) is 0 Å². The van der Waals surface area contributed by atoms with Gasteiger partial charge >= 0.3 is 12.1 Å². The molecule has 0 saturated carbocycles. The molecule has 4 amide bonds. The van der Waals surface area contributed by atoms with Gasteiger partial charge in [0.15, 0.2) is 0 Å². The number of carbonyl (C=O) groups excluding carboxylic acids is 3. The SMILES string of the molecule is CC(C)c1nc(CN(C)C(=O)N[C@H](C(=O)N[C@H](CC[C@H](Cc2ccccc2)NC(=O)OCC(C)(C)C)Cc2ccccc2)C(C)C)cs1. The van der Waals surface area contributed by atoms with Gasteiger partial charge in [-0.3, -0.25) is 4.79 Å². The van der Waals surface area contributed by atoms with Gasteiger partial charge in [0.05, 0.1) is 23.9 Å². The number of urea groups is 1. The zero-order valence-electron chi connectivity index (χ0n) is 29.9. The highest BCUT2D eigenvalue weighted by atomic mass is 32.1. The minimum absolute atomic E-state index is 0.142. The predicted octanol–water partition coefficient (Wildman–Crippen LogP) is 7.32. The molecule has 3 aromatic rings. The number of aromatic nitrogens is 1. The molecule has 0 aliphatic rings. The first kappa shape index (κ1) is 38.5. The average Bonchev–Trinajstić information content (AvgIpc) is 3.50. The Balaban J connectivity index is 1.72. The lowest BCUT2D eigenvalue weighted by Gasteiger charge is -2.28. The fourth-order valence-corrected chi connectivity index (χ4v) is 6.01. The molecule has 9 nitrogen and oxygen atoms in total. The van der Waals surface area contributed by atoms with E-state index in [1.807, 2.05) is 101 Å². The first-order chi connectivity index (χ1) is 22.7. The van der Waals surface area contributed by atoms with E-state index in [1.54, 1.807) is 23.3 Å². The van der Waals surface area contributed by atoms with Crippen LogP contribution in [0.25, 0.3) is 0 Å². The molecule has 0 aliphatic carbocycles. The van der Waals surface area contributed by atoms with Gasteiger partial charge in [0.25, 0.3) is 0 Å². The van der Waals surface area contributed by atoms with E-state index in [0.717, 1.165) is 21.8 Å². The molecule has 1 heterocycles. The van der Waals surface area contributed by atoms with Gasteiger partial charge in [-0.2, -0.15) is 0 Å². The molecule has 3 N–H and O–H groups in total. The van der Waals surface area contributed by atoms with Gasteiger partial charge in [0, 0.05) is 30.4 Å². The van der Waals surface area contributed by atoms with E-state index in [9.17, 15) is 14.4 Å². The number of ether oxygens (including phenoxy) is 1. The molecule has 48 heavy (non-hydrogen) atoms. The second-order valence-electron chi connectivity index (χ2n) is 14.5. The number of carbonyl (C=O) groups is 3. The Kier molecular flexibility index (Phi) is 14.9. The van der Waals surface area contributed by atoms with Gasteiger partial charge in [0.1, 0.15) is 6.04 Å². The predicted molar refractivity (Wildman–Crippen MR) is 194 cm³/mol. The highest BCUT2D eigenvalue weighted by molar-refractivity contribution is 7.09. The molecule has 10 heteroatoms. The average molecular weight is 678 g/mol. The summed E-state index contributed by atoms with van der Waals surface area (Å²) in [5.41, 5.74) is 2.88. The molecule has 0 bridgehead atoms. The molecule has 3 atom stereocenters. The standard InChI is InChI=1S/C38H55N5O4S/c1-26(2)33(42-36(45)43(8)23-32-24-48-35(40-32)27(3)4)34(44)39-30(21-28-15-11-9-12-16-28)19-20-31(22-29-17-13-10-14-18-29)41-37(46)47-25-38(5,6)7/h9-18,24,26-27,30-31,33H,19-23,25H2,1-8H3,(H,39,44)(H,41,46)(H,42,45)/t30-,31-,33+/m1/s1. The summed E-state index contributed by atoms with van der Waals surface area (Å²) in [6, 6.07) is 18.6. The quantitative estimate of drug-likeness (QED) is 0.147. The minimum atomic E-state index is -0.731. The number of nitrogens with one attached hydrogen (secondary N) is 3. The molecule has 0 fully saturated rings. The van der Waals surface area contributed by atoms with E-state index in [2.05, 4.69) is 34.8 Å². The third kappa shape index (κ3) is 13.7. The lowest BCUT2D eigenvalue weighted by molar-refractivity contribution is -0.124. The number of thiazole rings is 1. The number of hydrogen-bond acceptors (Lipinski definition) is 6. The Morgan fingerprint density at radius 3 is 1.85 bits per heavy atom. The van der Waals surface area contributed by atoms with Crippen molar-refractivity contribution in [3.05, 3.63) is 87.9 Å². The molecule has 0 aliphatic heterocycles. The first-order valence-corrected chi connectivity index (χ1v) is 17.9. The van der Waals surface area contributed by atoms with Crippen LogP contribution in [0.3, 0.4) is 0 Å². The normalized spacial score (nSPS) is 13.5. The lowest BCUT2D eigenvalue weighted by Crippen LogP contribution is -2.54. The zero-order chi connectivity index (χ0) is 35.3. The second-order valence-corrected chi connectivity index (χ2v) is 15.4. The molecule has 0 saturated heterocycles. The van der Waals surface area contributed by atoms with Crippen LogP contribution in [-0.2, 0) is 28.9 Å². The molecular formula is C38H55N5O4S. The maximum atomic E-state index is 13.8. The van der Waals surface area contributed by atoms with Crippen molar-refractivity contribution < 1.29 is 19.1 Å². The van der Waals surface area contributed by atoms with Crippen LogP contribution < -0.4 is 16.0 Å². The Hall–Kier alpha value is -3.92. The molecule has 0 unspecified atom stereocenters. The van der Waals surface area contributed by atoms with Crippen molar-refractivity contribution in [3.63, 3.8) is 0 Å². The Morgan fingerprint density at radius 2 is 1.38 bits per heavy atom. The maximum Gasteiger partial charge on any atom is 0.407 e. The summed E-state index contributed by atoms with van der Waals surface area (Å²) in [4.78, 5) is 46.1. The minimum Gasteiger partial charge on any atom is -0.449 e. The molecule has 0 spiro atoms. The Bertz CT molecular complexity index is 1420. The monoisotopic (exact) mass is 677 g/mol.